The molecule has 0 spiro atoms. The molecule has 0 aliphatic heterocycles. The van der Waals surface area contributed by atoms with E-state index in [2.05, 4.69) is 104 Å². The van der Waals surface area contributed by atoms with E-state index in [1.54, 1.807) is 6.08 Å². The van der Waals surface area contributed by atoms with Crippen molar-refractivity contribution in [3.05, 3.63) is 97.2 Å². The average molecular weight is 580 g/mol. The lowest BCUT2D eigenvalue weighted by Crippen LogP contribution is -2.45. The highest BCUT2D eigenvalue weighted by atomic mass is 16.3. The average Bonchev–Trinajstić information content (AvgIpc) is 2.99. The molecule has 0 heterocycles. The van der Waals surface area contributed by atoms with E-state index in [1.807, 2.05) is 6.08 Å². The van der Waals surface area contributed by atoms with Crippen LogP contribution in [0.1, 0.15) is 117 Å². The van der Waals surface area contributed by atoms with E-state index in [4.69, 9.17) is 0 Å². The van der Waals surface area contributed by atoms with Crippen LogP contribution in [0.15, 0.2) is 97.2 Å². The third kappa shape index (κ3) is 28.8. The van der Waals surface area contributed by atoms with Gasteiger partial charge in [0.25, 0.3) is 0 Å². The van der Waals surface area contributed by atoms with Crippen molar-refractivity contribution < 1.29 is 15.0 Å². The highest BCUT2D eigenvalue weighted by Gasteiger charge is 2.17. The third-order valence-electron chi connectivity index (χ3n) is 6.57. The van der Waals surface area contributed by atoms with Crippen LogP contribution in [0, 0.1) is 0 Å². The van der Waals surface area contributed by atoms with Crippen LogP contribution < -0.4 is 5.32 Å². The third-order valence-corrected chi connectivity index (χ3v) is 6.57. The second-order valence-electron chi connectivity index (χ2n) is 10.5. The first-order chi connectivity index (χ1) is 20.7. The molecule has 42 heavy (non-hydrogen) atoms. The number of nitrogens with one attached hydrogen (secondary N) is 1. The van der Waals surface area contributed by atoms with Gasteiger partial charge in [0.2, 0.25) is 5.91 Å². The molecule has 2 atom stereocenters. The second-order valence-corrected chi connectivity index (χ2v) is 10.5. The first kappa shape index (κ1) is 39.3. The molecular formula is C38H61NO3. The zero-order chi connectivity index (χ0) is 30.8. The molecule has 236 valence electrons. The summed E-state index contributed by atoms with van der Waals surface area (Å²) in [6.45, 7) is 4.08. The molecule has 2 unspecified atom stereocenters. The van der Waals surface area contributed by atoms with E-state index in [9.17, 15) is 15.0 Å². The molecule has 0 bridgehead atoms. The molecular weight excluding hydrogens is 518 g/mol. The highest BCUT2D eigenvalue weighted by molar-refractivity contribution is 5.76. The number of unbranched alkanes of at least 4 members (excludes halogenated alkanes) is 6. The SMILES string of the molecule is CC/C=C\C/C=C\C/C=C\C/C=C\C/C=C\C/C=C\C/C=C\CCCC(=O)NC(CO)C(O)/C=C/CCCCCCC. The molecule has 4 nitrogen and oxygen atoms in total. The Kier molecular flexibility index (Phi) is 30.7. The first-order valence-corrected chi connectivity index (χ1v) is 16.5. The summed E-state index contributed by atoms with van der Waals surface area (Å²) in [5, 5.41) is 22.6. The Balaban J connectivity index is 3.83. The molecule has 0 radical (unpaired) electrons. The van der Waals surface area contributed by atoms with Gasteiger partial charge in [-0.05, 0) is 70.6 Å². The van der Waals surface area contributed by atoms with E-state index in [0.717, 1.165) is 70.6 Å². The van der Waals surface area contributed by atoms with Crippen molar-refractivity contribution >= 4 is 5.91 Å². The smallest absolute Gasteiger partial charge is 0.220 e. The summed E-state index contributed by atoms with van der Waals surface area (Å²) in [6, 6.07) is -0.655. The summed E-state index contributed by atoms with van der Waals surface area (Å²) >= 11 is 0. The van der Waals surface area contributed by atoms with Crippen LogP contribution in [0.25, 0.3) is 0 Å². The van der Waals surface area contributed by atoms with Crippen LogP contribution in [0.4, 0.5) is 0 Å². The van der Waals surface area contributed by atoms with E-state index < -0.39 is 12.1 Å². The van der Waals surface area contributed by atoms with E-state index in [1.165, 1.54) is 25.7 Å². The zero-order valence-electron chi connectivity index (χ0n) is 26.7. The van der Waals surface area contributed by atoms with Gasteiger partial charge in [0.15, 0.2) is 0 Å². The van der Waals surface area contributed by atoms with Crippen molar-refractivity contribution in [3.63, 3.8) is 0 Å². The first-order valence-electron chi connectivity index (χ1n) is 16.5. The highest BCUT2D eigenvalue weighted by Crippen LogP contribution is 2.07. The topological polar surface area (TPSA) is 69.6 Å². The van der Waals surface area contributed by atoms with Gasteiger partial charge in [-0.3, -0.25) is 4.79 Å². The van der Waals surface area contributed by atoms with Gasteiger partial charge < -0.3 is 15.5 Å². The van der Waals surface area contributed by atoms with Crippen molar-refractivity contribution in [1.29, 1.82) is 0 Å². The van der Waals surface area contributed by atoms with Gasteiger partial charge in [-0.25, -0.2) is 0 Å². The van der Waals surface area contributed by atoms with Gasteiger partial charge in [0.05, 0.1) is 18.8 Å². The van der Waals surface area contributed by atoms with Crippen molar-refractivity contribution in [2.75, 3.05) is 6.61 Å². The Bertz CT molecular complexity index is 844. The summed E-state index contributed by atoms with van der Waals surface area (Å²) in [7, 11) is 0. The zero-order valence-corrected chi connectivity index (χ0v) is 26.7. The number of carbonyl (C=O) groups excluding carboxylic acids is 1. The van der Waals surface area contributed by atoms with E-state index >= 15 is 0 Å². The fraction of sp³-hybridized carbons (Fsp3) is 0.553. The standard InChI is InChI=1S/C38H61NO3/c1-3-5-7-9-11-12-13-14-15-16-17-18-19-20-21-22-23-24-25-26-28-30-32-34-38(42)39-36(35-40)37(41)33-31-29-27-10-8-6-4-2/h5,7,11-12,14-15,17-18,20-21,23-24,26,28,31,33,36-37,40-41H,3-4,6,8-10,13,16,19,22,25,27,29-30,32,34-35H2,1-2H3,(H,39,42)/b7-5-,12-11-,15-14-,18-17-,21-20-,24-23-,28-26-,33-31+. The van der Waals surface area contributed by atoms with E-state index in [0.29, 0.717) is 6.42 Å². The summed E-state index contributed by atoms with van der Waals surface area (Å²) in [6.07, 6.45) is 49.3. The van der Waals surface area contributed by atoms with Gasteiger partial charge in [-0.1, -0.05) is 137 Å². The summed E-state index contributed by atoms with van der Waals surface area (Å²) in [5.41, 5.74) is 0. The normalized spacial score (nSPS) is 14.5. The minimum Gasteiger partial charge on any atom is -0.394 e. The van der Waals surface area contributed by atoms with Crippen LogP contribution in [-0.2, 0) is 4.79 Å². The Morgan fingerprint density at radius 2 is 1.05 bits per heavy atom. The molecule has 0 aliphatic carbocycles. The van der Waals surface area contributed by atoms with Crippen LogP contribution in [0.2, 0.25) is 0 Å². The lowest BCUT2D eigenvalue weighted by Gasteiger charge is -2.19. The number of hydrogen-bond donors (Lipinski definition) is 3. The fourth-order valence-corrected chi connectivity index (χ4v) is 4.04. The Morgan fingerprint density at radius 1 is 0.595 bits per heavy atom. The molecule has 0 fully saturated rings. The molecule has 0 saturated carbocycles. The molecule has 0 aromatic rings. The molecule has 3 N–H and O–H groups in total. The van der Waals surface area contributed by atoms with Gasteiger partial charge in [0.1, 0.15) is 0 Å². The van der Waals surface area contributed by atoms with Crippen molar-refractivity contribution in [2.24, 2.45) is 0 Å². The molecule has 0 saturated heterocycles. The summed E-state index contributed by atoms with van der Waals surface area (Å²) in [4.78, 5) is 12.2. The van der Waals surface area contributed by atoms with Crippen molar-refractivity contribution in [2.45, 2.75) is 129 Å². The summed E-state index contributed by atoms with van der Waals surface area (Å²) in [5.74, 6) is -0.133. The quantitative estimate of drug-likeness (QED) is 0.0670. The largest absolute Gasteiger partial charge is 0.394 e. The number of amides is 1. The van der Waals surface area contributed by atoms with Crippen LogP contribution in [0.3, 0.4) is 0 Å². The van der Waals surface area contributed by atoms with Gasteiger partial charge in [-0.15, -0.1) is 0 Å². The maximum absolute atomic E-state index is 12.2. The summed E-state index contributed by atoms with van der Waals surface area (Å²) < 4.78 is 0. The van der Waals surface area contributed by atoms with Crippen LogP contribution in [-0.4, -0.2) is 34.9 Å². The Hall–Kier alpha value is -2.69. The molecule has 0 aromatic carbocycles. The second kappa shape index (κ2) is 32.8. The molecule has 0 aromatic heterocycles. The van der Waals surface area contributed by atoms with Crippen LogP contribution in [0.5, 0.6) is 0 Å². The van der Waals surface area contributed by atoms with Crippen LogP contribution >= 0.6 is 0 Å². The fourth-order valence-electron chi connectivity index (χ4n) is 4.04. The predicted octanol–water partition coefficient (Wildman–Crippen LogP) is 9.56. The maximum atomic E-state index is 12.2. The Labute approximate surface area is 258 Å². The predicted molar refractivity (Wildman–Crippen MR) is 183 cm³/mol. The molecule has 0 aliphatic rings. The monoisotopic (exact) mass is 579 g/mol. The van der Waals surface area contributed by atoms with E-state index in [-0.39, 0.29) is 12.5 Å². The van der Waals surface area contributed by atoms with Gasteiger partial charge in [-0.2, -0.15) is 0 Å². The van der Waals surface area contributed by atoms with Crippen molar-refractivity contribution in [1.82, 2.24) is 5.32 Å². The maximum Gasteiger partial charge on any atom is 0.220 e. The minimum atomic E-state index is -0.865. The molecule has 0 rings (SSSR count). The molecule has 1 amide bonds. The number of rotatable bonds is 27. The van der Waals surface area contributed by atoms with Crippen molar-refractivity contribution in [3.8, 4) is 0 Å². The minimum absolute atomic E-state index is 0.133. The number of hydrogen-bond acceptors (Lipinski definition) is 3. The molecule has 4 heteroatoms. The lowest BCUT2D eigenvalue weighted by molar-refractivity contribution is -0.122. The number of aliphatic hydroxyl groups is 2. The Morgan fingerprint density at radius 3 is 1.52 bits per heavy atom. The number of aliphatic hydroxyl groups excluding tert-OH is 2. The number of allylic oxidation sites excluding steroid dienone is 15. The van der Waals surface area contributed by atoms with Gasteiger partial charge in [0, 0.05) is 6.42 Å². The number of carbonyl (C=O) groups is 1. The van der Waals surface area contributed by atoms with Gasteiger partial charge >= 0.3 is 0 Å². The lowest BCUT2D eigenvalue weighted by atomic mass is 10.1.